The van der Waals surface area contributed by atoms with E-state index in [2.05, 4.69) is 15.1 Å². The van der Waals surface area contributed by atoms with Gasteiger partial charge in [-0.05, 0) is 24.3 Å². The monoisotopic (exact) mass is 445 g/mol. The van der Waals surface area contributed by atoms with E-state index in [1.165, 1.54) is 7.05 Å². The molecule has 1 heterocycles. The minimum atomic E-state index is -4.73. The molecule has 2 aromatic rings. The largest absolute Gasteiger partial charge is 0.435 e. The molecule has 0 spiro atoms. The average Bonchev–Trinajstić information content (AvgIpc) is 2.86. The molecule has 5 nitrogen and oxygen atoms in total. The molecule has 0 amide bonds. The van der Waals surface area contributed by atoms with E-state index in [1.807, 2.05) is 0 Å². The minimum Gasteiger partial charge on any atom is -0.315 e. The topological polar surface area (TPSA) is 56.5 Å². The quantitative estimate of drug-likeness (QED) is 0.283. The number of hydrogen-bond donors (Lipinski definition) is 0. The van der Waals surface area contributed by atoms with E-state index < -0.39 is 22.7 Å². The highest BCUT2D eigenvalue weighted by atomic mass is 35.5. The third-order valence-corrected chi connectivity index (χ3v) is 4.62. The summed E-state index contributed by atoms with van der Waals surface area (Å²) in [4.78, 5) is 14.6. The van der Waals surface area contributed by atoms with Crippen molar-refractivity contribution >= 4 is 58.7 Å². The van der Waals surface area contributed by atoms with E-state index in [0.29, 0.717) is 9.92 Å². The molecule has 1 aromatic carbocycles. The second kappa shape index (κ2) is 8.51. The normalized spacial score (nSPS) is 12.2. The molecule has 140 valence electrons. The van der Waals surface area contributed by atoms with E-state index in [0.717, 1.165) is 22.7 Å². The Morgan fingerprint density at radius 1 is 1.35 bits per heavy atom. The molecular weight excluding hydrogens is 438 g/mol. The van der Waals surface area contributed by atoms with Crippen molar-refractivity contribution in [2.45, 2.75) is 20.9 Å². The SMILES string of the molecule is Cn1nc(C(F)(F)F)c(C=NOC(=O)C(Cl)Cl)c1Sc1ccc(Cl)cc1. The fourth-order valence-electron chi connectivity index (χ4n) is 1.76. The highest BCUT2D eigenvalue weighted by Gasteiger charge is 2.38. The summed E-state index contributed by atoms with van der Waals surface area (Å²) in [5, 5.41) is 7.34. The van der Waals surface area contributed by atoms with E-state index in [4.69, 9.17) is 34.8 Å². The van der Waals surface area contributed by atoms with Crippen LogP contribution in [-0.2, 0) is 22.9 Å². The summed E-state index contributed by atoms with van der Waals surface area (Å²) >= 11 is 17.4. The number of hydrogen-bond acceptors (Lipinski definition) is 5. The number of carbonyl (C=O) groups excluding carboxylic acids is 1. The van der Waals surface area contributed by atoms with Gasteiger partial charge in [-0.1, -0.05) is 51.7 Å². The first kappa shape index (κ1) is 20.9. The van der Waals surface area contributed by atoms with Crippen LogP contribution in [0.15, 0.2) is 39.3 Å². The summed E-state index contributed by atoms with van der Waals surface area (Å²) in [6.45, 7) is 0. The van der Waals surface area contributed by atoms with Crippen LogP contribution < -0.4 is 0 Å². The maximum Gasteiger partial charge on any atom is 0.435 e. The van der Waals surface area contributed by atoms with Crippen LogP contribution in [0.3, 0.4) is 0 Å². The van der Waals surface area contributed by atoms with Crippen LogP contribution in [0, 0.1) is 0 Å². The molecule has 0 saturated heterocycles. The Morgan fingerprint density at radius 2 is 1.96 bits per heavy atom. The van der Waals surface area contributed by atoms with Gasteiger partial charge in [-0.2, -0.15) is 18.3 Å². The molecule has 0 unspecified atom stereocenters. The summed E-state index contributed by atoms with van der Waals surface area (Å²) in [6, 6.07) is 6.47. The number of rotatable bonds is 5. The van der Waals surface area contributed by atoms with Crippen molar-refractivity contribution in [2.75, 3.05) is 0 Å². The molecule has 26 heavy (non-hydrogen) atoms. The lowest BCUT2D eigenvalue weighted by Gasteiger charge is -2.05. The summed E-state index contributed by atoms with van der Waals surface area (Å²) in [5.41, 5.74) is -1.54. The van der Waals surface area contributed by atoms with Crippen molar-refractivity contribution in [3.63, 3.8) is 0 Å². The lowest BCUT2D eigenvalue weighted by molar-refractivity contribution is -0.141. The van der Waals surface area contributed by atoms with Gasteiger partial charge in [0.05, 0.1) is 11.8 Å². The van der Waals surface area contributed by atoms with Gasteiger partial charge >= 0.3 is 12.1 Å². The Bertz CT molecular complexity index is 823. The molecule has 0 radical (unpaired) electrons. The van der Waals surface area contributed by atoms with Gasteiger partial charge in [0.2, 0.25) is 4.84 Å². The fraction of sp³-hybridized carbons (Fsp3) is 0.214. The van der Waals surface area contributed by atoms with Gasteiger partial charge in [-0.25, -0.2) is 4.79 Å². The van der Waals surface area contributed by atoms with Gasteiger partial charge in [0, 0.05) is 17.0 Å². The van der Waals surface area contributed by atoms with Crippen molar-refractivity contribution in [3.05, 3.63) is 40.5 Å². The second-order valence-corrected chi connectivity index (χ2v) is 7.29. The highest BCUT2D eigenvalue weighted by Crippen LogP contribution is 2.37. The molecule has 0 aliphatic heterocycles. The average molecular weight is 447 g/mol. The molecule has 0 saturated carbocycles. The van der Waals surface area contributed by atoms with Gasteiger partial charge in [0.15, 0.2) is 5.69 Å². The molecule has 1 aromatic heterocycles. The number of nitrogens with zero attached hydrogens (tertiary/aromatic N) is 3. The van der Waals surface area contributed by atoms with Crippen molar-refractivity contribution in [3.8, 4) is 0 Å². The molecule has 0 bridgehead atoms. The first-order valence-corrected chi connectivity index (χ1v) is 8.76. The molecule has 0 aliphatic carbocycles. The number of halogens is 6. The zero-order valence-electron chi connectivity index (χ0n) is 12.8. The van der Waals surface area contributed by atoms with Gasteiger partial charge in [-0.15, -0.1) is 0 Å². The predicted molar refractivity (Wildman–Crippen MR) is 93.0 cm³/mol. The molecule has 0 N–H and O–H groups in total. The zero-order chi connectivity index (χ0) is 19.5. The first-order valence-electron chi connectivity index (χ1n) is 6.69. The molecule has 0 fully saturated rings. The van der Waals surface area contributed by atoms with Crippen molar-refractivity contribution in [2.24, 2.45) is 12.2 Å². The Kier molecular flexibility index (Phi) is 6.84. The first-order chi connectivity index (χ1) is 12.1. The fourth-order valence-corrected chi connectivity index (χ4v) is 2.89. The highest BCUT2D eigenvalue weighted by molar-refractivity contribution is 7.99. The van der Waals surface area contributed by atoms with Gasteiger partial charge in [0.25, 0.3) is 0 Å². The van der Waals surface area contributed by atoms with Crippen molar-refractivity contribution < 1.29 is 22.8 Å². The summed E-state index contributed by atoms with van der Waals surface area (Å²) < 4.78 is 40.8. The molecule has 0 atom stereocenters. The lowest BCUT2D eigenvalue weighted by Crippen LogP contribution is -2.11. The number of carbonyl (C=O) groups is 1. The maximum absolute atomic E-state index is 13.2. The van der Waals surface area contributed by atoms with Crippen molar-refractivity contribution in [1.82, 2.24) is 9.78 Å². The van der Waals surface area contributed by atoms with Gasteiger partial charge < -0.3 is 4.84 Å². The van der Waals surface area contributed by atoms with Crippen LogP contribution in [0.25, 0.3) is 0 Å². The summed E-state index contributed by atoms with van der Waals surface area (Å²) in [7, 11) is 1.35. The third-order valence-electron chi connectivity index (χ3n) is 2.83. The number of alkyl halides is 5. The predicted octanol–water partition coefficient (Wildman–Crippen LogP) is 4.92. The van der Waals surface area contributed by atoms with Crippen LogP contribution in [0.4, 0.5) is 13.2 Å². The number of aromatic nitrogens is 2. The lowest BCUT2D eigenvalue weighted by atomic mass is 10.2. The Hall–Kier alpha value is -1.42. The number of benzene rings is 1. The van der Waals surface area contributed by atoms with E-state index in [-0.39, 0.29) is 10.6 Å². The minimum absolute atomic E-state index is 0.132. The Labute approximate surface area is 165 Å². The standard InChI is InChI=1S/C14H9Cl3F3N3O2S/c1-23-12(26-8-4-2-7(15)3-5-8)9(10(22-23)14(18,19)20)6-21-25-13(24)11(16)17/h2-6,11H,1H3. The number of oxime groups is 1. The smallest absolute Gasteiger partial charge is 0.315 e. The van der Waals surface area contributed by atoms with Crippen molar-refractivity contribution in [1.29, 1.82) is 0 Å². The second-order valence-electron chi connectivity index (χ2n) is 4.69. The Morgan fingerprint density at radius 3 is 2.50 bits per heavy atom. The van der Waals surface area contributed by atoms with Crippen LogP contribution in [-0.4, -0.2) is 26.8 Å². The van der Waals surface area contributed by atoms with E-state index in [1.54, 1.807) is 24.3 Å². The summed E-state index contributed by atoms with van der Waals surface area (Å²) in [6.07, 6.45) is -3.99. The maximum atomic E-state index is 13.2. The van der Waals surface area contributed by atoms with E-state index in [9.17, 15) is 18.0 Å². The van der Waals surface area contributed by atoms with Crippen LogP contribution >= 0.6 is 46.6 Å². The van der Waals surface area contributed by atoms with Crippen LogP contribution in [0.2, 0.25) is 5.02 Å². The number of aryl methyl sites for hydroxylation is 1. The van der Waals surface area contributed by atoms with Gasteiger partial charge in [-0.3, -0.25) is 4.68 Å². The molecule has 0 aliphatic rings. The molecular formula is C14H9Cl3F3N3O2S. The summed E-state index contributed by atoms with van der Waals surface area (Å²) in [5.74, 6) is -1.12. The Balaban J connectivity index is 2.40. The molecule has 2 rings (SSSR count). The van der Waals surface area contributed by atoms with Crippen LogP contribution in [0.1, 0.15) is 11.3 Å². The zero-order valence-corrected chi connectivity index (χ0v) is 15.9. The van der Waals surface area contributed by atoms with E-state index >= 15 is 0 Å². The molecule has 12 heteroatoms. The van der Waals surface area contributed by atoms with Crippen LogP contribution in [0.5, 0.6) is 0 Å². The van der Waals surface area contributed by atoms with Gasteiger partial charge in [0.1, 0.15) is 5.03 Å². The third kappa shape index (κ3) is 5.29.